The highest BCUT2D eigenvalue weighted by Crippen LogP contribution is 2.42. The lowest BCUT2D eigenvalue weighted by molar-refractivity contribution is 0.185. The maximum atomic E-state index is 12.7. The van der Waals surface area contributed by atoms with Crippen molar-refractivity contribution in [2.75, 3.05) is 5.75 Å². The summed E-state index contributed by atoms with van der Waals surface area (Å²) in [4.78, 5) is 0. The third-order valence-corrected chi connectivity index (χ3v) is 6.94. The summed E-state index contributed by atoms with van der Waals surface area (Å²) in [7, 11) is -3.72. The van der Waals surface area contributed by atoms with E-state index in [9.17, 15) is 17.9 Å². The van der Waals surface area contributed by atoms with Crippen LogP contribution in [0.1, 0.15) is 18.6 Å². The third-order valence-electron chi connectivity index (χ3n) is 2.30. The van der Waals surface area contributed by atoms with E-state index in [-0.39, 0.29) is 11.3 Å². The van der Waals surface area contributed by atoms with Crippen molar-refractivity contribution in [2.45, 2.75) is 16.1 Å². The molecule has 0 spiro atoms. The van der Waals surface area contributed by atoms with Crippen LogP contribution in [0.3, 0.4) is 0 Å². The summed E-state index contributed by atoms with van der Waals surface area (Å²) in [5.74, 6) is -0.700. The highest BCUT2D eigenvalue weighted by molar-refractivity contribution is 9.12. The van der Waals surface area contributed by atoms with E-state index in [0.717, 1.165) is 12.1 Å². The third kappa shape index (κ3) is 2.99. The lowest BCUT2D eigenvalue weighted by Crippen LogP contribution is -2.34. The van der Waals surface area contributed by atoms with Crippen molar-refractivity contribution >= 4 is 37.4 Å². The zero-order chi connectivity index (χ0) is 13.3. The van der Waals surface area contributed by atoms with E-state index >= 15 is 0 Å². The Labute approximate surface area is 113 Å². The maximum absolute atomic E-state index is 12.7. The molecule has 0 fully saturated rings. The van der Waals surface area contributed by atoms with Crippen molar-refractivity contribution < 1.29 is 17.9 Å². The van der Waals surface area contributed by atoms with Crippen molar-refractivity contribution in [3.05, 3.63) is 35.6 Å². The molecule has 96 valence electrons. The van der Waals surface area contributed by atoms with Crippen molar-refractivity contribution in [3.8, 4) is 0 Å². The van der Waals surface area contributed by atoms with E-state index in [1.165, 1.54) is 19.1 Å². The van der Waals surface area contributed by atoms with Gasteiger partial charge in [-0.1, -0.05) is 30.7 Å². The molecule has 17 heavy (non-hydrogen) atoms. The first-order valence-corrected chi connectivity index (χ1v) is 7.58. The zero-order valence-electron chi connectivity index (χ0n) is 8.90. The van der Waals surface area contributed by atoms with Crippen molar-refractivity contribution in [1.82, 2.24) is 0 Å². The average molecular weight is 346 g/mol. The quantitative estimate of drug-likeness (QED) is 0.853. The standard InChI is InChI=1S/C10H11BrClFO3S/c1-2-17(15,16)10(11,12)9(14)7-3-5-8(13)6-4-7/h3-6,9,14H,2H2,1H3/t9-,10+/m1/s1. The first kappa shape index (κ1) is 14.9. The second-order valence-corrected chi connectivity index (χ2v) is 8.92. The summed E-state index contributed by atoms with van der Waals surface area (Å²) in [6.07, 6.45) is -1.49. The largest absolute Gasteiger partial charge is 0.385 e. The lowest BCUT2D eigenvalue weighted by atomic mass is 10.1. The highest BCUT2D eigenvalue weighted by atomic mass is 79.9. The van der Waals surface area contributed by atoms with E-state index in [0.29, 0.717) is 0 Å². The molecule has 0 bridgehead atoms. The van der Waals surface area contributed by atoms with Gasteiger partial charge in [0, 0.05) is 0 Å². The molecule has 0 radical (unpaired) electrons. The average Bonchev–Trinajstić information content (AvgIpc) is 2.28. The fraction of sp³-hybridized carbons (Fsp3) is 0.400. The monoisotopic (exact) mass is 344 g/mol. The van der Waals surface area contributed by atoms with Gasteiger partial charge >= 0.3 is 0 Å². The van der Waals surface area contributed by atoms with Crippen LogP contribution in [-0.2, 0) is 9.84 Å². The molecule has 1 rings (SSSR count). The Bertz CT molecular complexity index is 487. The fourth-order valence-electron chi connectivity index (χ4n) is 1.20. The molecule has 0 aliphatic rings. The van der Waals surface area contributed by atoms with Gasteiger partial charge in [0.2, 0.25) is 3.12 Å². The minimum absolute atomic E-state index is 0.218. The van der Waals surface area contributed by atoms with Gasteiger partial charge in [-0.05, 0) is 33.6 Å². The molecule has 1 N–H and O–H groups in total. The Kier molecular flexibility index (Phi) is 4.57. The Morgan fingerprint density at radius 3 is 2.35 bits per heavy atom. The van der Waals surface area contributed by atoms with Gasteiger partial charge in [0.1, 0.15) is 11.9 Å². The summed E-state index contributed by atoms with van der Waals surface area (Å²) in [5, 5.41) is 9.93. The Balaban J connectivity index is 3.12. The van der Waals surface area contributed by atoms with Gasteiger partial charge in [0.25, 0.3) is 0 Å². The van der Waals surface area contributed by atoms with Crippen LogP contribution >= 0.6 is 27.5 Å². The van der Waals surface area contributed by atoms with E-state index in [1.807, 2.05) is 0 Å². The number of rotatable bonds is 4. The van der Waals surface area contributed by atoms with Crippen LogP contribution in [0, 0.1) is 5.82 Å². The van der Waals surface area contributed by atoms with Crippen molar-refractivity contribution in [3.63, 3.8) is 0 Å². The normalized spacial score (nSPS) is 17.5. The summed E-state index contributed by atoms with van der Waals surface area (Å²) in [6.45, 7) is 1.42. The molecule has 0 heterocycles. The van der Waals surface area contributed by atoms with E-state index < -0.39 is 24.9 Å². The van der Waals surface area contributed by atoms with Gasteiger partial charge in [-0.3, -0.25) is 0 Å². The smallest absolute Gasteiger partial charge is 0.229 e. The van der Waals surface area contributed by atoms with Gasteiger partial charge in [0.15, 0.2) is 9.84 Å². The molecule has 0 aliphatic carbocycles. The Morgan fingerprint density at radius 2 is 1.94 bits per heavy atom. The second-order valence-electron chi connectivity index (χ2n) is 3.42. The van der Waals surface area contributed by atoms with Gasteiger partial charge in [-0.2, -0.15) is 0 Å². The molecule has 0 saturated heterocycles. The molecule has 0 aliphatic heterocycles. The highest BCUT2D eigenvalue weighted by Gasteiger charge is 2.45. The number of sulfone groups is 1. The van der Waals surface area contributed by atoms with Crippen LogP contribution in [0.25, 0.3) is 0 Å². The fourth-order valence-corrected chi connectivity index (χ4v) is 3.47. The predicted octanol–water partition coefficient (Wildman–Crippen LogP) is 2.58. The molecule has 1 aromatic rings. The van der Waals surface area contributed by atoms with Crippen LogP contribution in [-0.4, -0.2) is 22.4 Å². The van der Waals surface area contributed by atoms with Crippen LogP contribution in [0.15, 0.2) is 24.3 Å². The molecular weight excluding hydrogens is 335 g/mol. The number of aliphatic hydroxyl groups is 1. The summed E-state index contributed by atoms with van der Waals surface area (Å²) in [5.41, 5.74) is 0.218. The number of benzene rings is 1. The first-order valence-electron chi connectivity index (χ1n) is 4.76. The molecule has 0 unspecified atom stereocenters. The molecule has 0 saturated carbocycles. The number of hydrogen-bond donors (Lipinski definition) is 1. The SMILES string of the molecule is CCS(=O)(=O)[C@](Cl)(Br)[C@H](O)c1ccc(F)cc1. The second kappa shape index (κ2) is 5.22. The summed E-state index contributed by atoms with van der Waals surface area (Å²) < 4.78 is 34.1. The molecule has 1 aromatic carbocycles. The van der Waals surface area contributed by atoms with Crippen LogP contribution < -0.4 is 0 Å². The Hall–Kier alpha value is -0.170. The van der Waals surface area contributed by atoms with Crippen molar-refractivity contribution in [1.29, 1.82) is 0 Å². The summed E-state index contributed by atoms with van der Waals surface area (Å²) in [6, 6.07) is 4.81. The van der Waals surface area contributed by atoms with Gasteiger partial charge in [-0.25, -0.2) is 12.8 Å². The number of aliphatic hydroxyl groups excluding tert-OH is 1. The molecule has 3 nitrogen and oxygen atoms in total. The van der Waals surface area contributed by atoms with Gasteiger partial charge < -0.3 is 5.11 Å². The zero-order valence-corrected chi connectivity index (χ0v) is 12.1. The van der Waals surface area contributed by atoms with Crippen LogP contribution in [0.2, 0.25) is 0 Å². The molecule has 2 atom stereocenters. The van der Waals surface area contributed by atoms with Gasteiger partial charge in [-0.15, -0.1) is 0 Å². The minimum atomic E-state index is -3.72. The number of halogens is 3. The number of hydrogen-bond acceptors (Lipinski definition) is 3. The van der Waals surface area contributed by atoms with E-state index in [4.69, 9.17) is 11.6 Å². The first-order chi connectivity index (χ1) is 7.72. The topological polar surface area (TPSA) is 54.4 Å². The van der Waals surface area contributed by atoms with E-state index in [2.05, 4.69) is 15.9 Å². The maximum Gasteiger partial charge on any atom is 0.229 e. The van der Waals surface area contributed by atoms with Gasteiger partial charge in [0.05, 0.1) is 5.75 Å². The van der Waals surface area contributed by atoms with Crippen LogP contribution in [0.4, 0.5) is 4.39 Å². The molecule has 0 amide bonds. The molecule has 0 aromatic heterocycles. The lowest BCUT2D eigenvalue weighted by Gasteiger charge is -2.25. The van der Waals surface area contributed by atoms with Crippen LogP contribution in [0.5, 0.6) is 0 Å². The Morgan fingerprint density at radius 1 is 1.47 bits per heavy atom. The number of alkyl halides is 2. The molecular formula is C10H11BrClFO3S. The van der Waals surface area contributed by atoms with E-state index in [1.54, 1.807) is 0 Å². The predicted molar refractivity (Wildman–Crippen MR) is 68.3 cm³/mol. The molecule has 7 heteroatoms. The van der Waals surface area contributed by atoms with Crippen molar-refractivity contribution in [2.24, 2.45) is 0 Å². The summed E-state index contributed by atoms with van der Waals surface area (Å²) >= 11 is 8.66. The minimum Gasteiger partial charge on any atom is -0.385 e.